The summed E-state index contributed by atoms with van der Waals surface area (Å²) in [6.45, 7) is 3.07. The number of nitro groups is 1. The van der Waals surface area contributed by atoms with Gasteiger partial charge in [-0.05, 0) is 24.8 Å². The number of nitrogens with one attached hydrogen (secondary N) is 1. The molecule has 0 aliphatic carbocycles. The van der Waals surface area contributed by atoms with Crippen molar-refractivity contribution in [1.29, 1.82) is 0 Å². The van der Waals surface area contributed by atoms with Gasteiger partial charge in [-0.25, -0.2) is 0 Å². The molecule has 1 rings (SSSR count). The van der Waals surface area contributed by atoms with Gasteiger partial charge in [0.05, 0.1) is 17.2 Å². The second-order valence-electron chi connectivity index (χ2n) is 3.99. The molecule has 0 atom stereocenters. The van der Waals surface area contributed by atoms with Crippen LogP contribution in [0.3, 0.4) is 0 Å². The maximum atomic E-state index is 10.4. The molecular weight excluding hydrogens is 298 g/mol. The van der Waals surface area contributed by atoms with Gasteiger partial charge < -0.3 is 15.5 Å². The fourth-order valence-corrected chi connectivity index (χ4v) is 2.72. The first-order valence-electron chi connectivity index (χ1n) is 6.06. The highest BCUT2D eigenvalue weighted by Gasteiger charge is 2.06. The molecule has 1 aromatic heterocycles. The highest BCUT2D eigenvalue weighted by Crippen LogP contribution is 2.19. The molecule has 1 heterocycles. The summed E-state index contributed by atoms with van der Waals surface area (Å²) in [5.74, 6) is 3.36. The number of nitrogens with zero attached hydrogens (tertiary/aromatic N) is 1. The number of rotatable bonds is 9. The van der Waals surface area contributed by atoms with Crippen molar-refractivity contribution >= 4 is 23.5 Å². The molecule has 0 spiro atoms. The first-order valence-corrected chi connectivity index (χ1v) is 8.44. The van der Waals surface area contributed by atoms with Gasteiger partial charge in [0.1, 0.15) is 16.5 Å². The van der Waals surface area contributed by atoms with Crippen LogP contribution in [0.1, 0.15) is 17.1 Å². The van der Waals surface area contributed by atoms with E-state index in [-0.39, 0.29) is 0 Å². The molecule has 0 fully saturated rings. The fraction of sp³-hybridized carbons (Fsp3) is 0.500. The SMILES string of the molecule is CSC(=C[N+](=O)[O-])NCCSCc1cc(C)c(CN)o1. The van der Waals surface area contributed by atoms with E-state index in [9.17, 15) is 10.1 Å². The summed E-state index contributed by atoms with van der Waals surface area (Å²) in [6.07, 6.45) is 2.79. The Labute approximate surface area is 126 Å². The van der Waals surface area contributed by atoms with Crippen LogP contribution in [0.4, 0.5) is 0 Å². The molecule has 0 aliphatic heterocycles. The van der Waals surface area contributed by atoms with Gasteiger partial charge in [-0.15, -0.1) is 11.8 Å². The lowest BCUT2D eigenvalue weighted by atomic mass is 10.3. The summed E-state index contributed by atoms with van der Waals surface area (Å²) in [7, 11) is 0. The molecule has 112 valence electrons. The first kappa shape index (κ1) is 16.9. The van der Waals surface area contributed by atoms with Gasteiger partial charge in [0.25, 0.3) is 6.20 Å². The van der Waals surface area contributed by atoms with Crippen LogP contribution in [-0.2, 0) is 12.3 Å². The molecule has 0 unspecified atom stereocenters. The van der Waals surface area contributed by atoms with E-state index in [2.05, 4.69) is 5.32 Å². The Bertz CT molecular complexity index is 475. The predicted octanol–water partition coefficient (Wildman–Crippen LogP) is 2.31. The van der Waals surface area contributed by atoms with Crippen molar-refractivity contribution in [3.63, 3.8) is 0 Å². The normalized spacial score (nSPS) is 11.7. The number of furan rings is 1. The summed E-state index contributed by atoms with van der Waals surface area (Å²) in [6, 6.07) is 2.00. The highest BCUT2D eigenvalue weighted by molar-refractivity contribution is 8.02. The Morgan fingerprint density at radius 2 is 2.40 bits per heavy atom. The van der Waals surface area contributed by atoms with Crippen LogP contribution in [0.2, 0.25) is 0 Å². The number of thioether (sulfide) groups is 2. The topological polar surface area (TPSA) is 94.3 Å². The van der Waals surface area contributed by atoms with Gasteiger partial charge in [-0.1, -0.05) is 0 Å². The second kappa shape index (κ2) is 8.93. The van der Waals surface area contributed by atoms with Crippen molar-refractivity contribution in [2.45, 2.75) is 19.2 Å². The van der Waals surface area contributed by atoms with E-state index in [0.29, 0.717) is 18.1 Å². The molecule has 20 heavy (non-hydrogen) atoms. The molecule has 8 heteroatoms. The number of aryl methyl sites for hydroxylation is 1. The van der Waals surface area contributed by atoms with Crippen molar-refractivity contribution in [2.75, 3.05) is 18.6 Å². The van der Waals surface area contributed by atoms with Gasteiger partial charge in [0.2, 0.25) is 0 Å². The average Bonchev–Trinajstić information content (AvgIpc) is 2.76. The fourth-order valence-electron chi connectivity index (χ4n) is 1.55. The van der Waals surface area contributed by atoms with E-state index in [1.165, 1.54) is 11.8 Å². The lowest BCUT2D eigenvalue weighted by Gasteiger charge is -2.05. The molecule has 3 N–H and O–H groups in total. The number of hydrogen-bond donors (Lipinski definition) is 2. The molecule has 0 aliphatic rings. The Balaban J connectivity index is 2.26. The van der Waals surface area contributed by atoms with Crippen LogP contribution in [0.15, 0.2) is 21.7 Å². The molecule has 0 radical (unpaired) electrons. The van der Waals surface area contributed by atoms with E-state index in [4.69, 9.17) is 10.2 Å². The Kier molecular flexibility index (Phi) is 7.56. The smallest absolute Gasteiger partial charge is 0.263 e. The van der Waals surface area contributed by atoms with Gasteiger partial charge in [0, 0.05) is 12.3 Å². The van der Waals surface area contributed by atoms with Crippen molar-refractivity contribution in [3.05, 3.63) is 44.5 Å². The van der Waals surface area contributed by atoms with Gasteiger partial charge in [-0.2, -0.15) is 11.8 Å². The minimum Gasteiger partial charge on any atom is -0.464 e. The molecule has 0 aromatic carbocycles. The van der Waals surface area contributed by atoms with E-state index >= 15 is 0 Å². The Hall–Kier alpha value is -1.12. The molecule has 1 aromatic rings. The largest absolute Gasteiger partial charge is 0.464 e. The maximum absolute atomic E-state index is 10.4. The lowest BCUT2D eigenvalue weighted by Crippen LogP contribution is -2.15. The van der Waals surface area contributed by atoms with Crippen molar-refractivity contribution in [3.8, 4) is 0 Å². The zero-order chi connectivity index (χ0) is 15.0. The molecule has 6 nitrogen and oxygen atoms in total. The summed E-state index contributed by atoms with van der Waals surface area (Å²) in [5, 5.41) is 13.9. The van der Waals surface area contributed by atoms with Crippen LogP contribution in [0.25, 0.3) is 0 Å². The minimum atomic E-state index is -0.452. The minimum absolute atomic E-state index is 0.417. The van der Waals surface area contributed by atoms with Crippen molar-refractivity contribution in [2.24, 2.45) is 5.73 Å². The van der Waals surface area contributed by atoms with E-state index in [0.717, 1.165) is 34.8 Å². The Morgan fingerprint density at radius 1 is 1.65 bits per heavy atom. The quantitative estimate of drug-likeness (QED) is 0.410. The molecular formula is C12H19N3O3S2. The standard InChI is InChI=1S/C12H19N3O3S2/c1-9-5-10(18-11(9)6-13)8-20-4-3-14-12(19-2)7-15(16)17/h5,7,14H,3-4,6,8,13H2,1-2H3. The predicted molar refractivity (Wildman–Crippen MR) is 84.1 cm³/mol. The third-order valence-electron chi connectivity index (χ3n) is 2.49. The van der Waals surface area contributed by atoms with Crippen LogP contribution >= 0.6 is 23.5 Å². The zero-order valence-electron chi connectivity index (χ0n) is 11.5. The highest BCUT2D eigenvalue weighted by atomic mass is 32.2. The average molecular weight is 317 g/mol. The first-order chi connectivity index (χ1) is 9.56. The molecule has 0 saturated carbocycles. The van der Waals surface area contributed by atoms with Gasteiger partial charge in [0.15, 0.2) is 0 Å². The van der Waals surface area contributed by atoms with Crippen LogP contribution in [0.5, 0.6) is 0 Å². The van der Waals surface area contributed by atoms with Gasteiger partial charge in [-0.3, -0.25) is 10.1 Å². The van der Waals surface area contributed by atoms with E-state index in [1.54, 1.807) is 18.0 Å². The monoisotopic (exact) mass is 317 g/mol. The lowest BCUT2D eigenvalue weighted by molar-refractivity contribution is -0.403. The molecule has 0 saturated heterocycles. The van der Waals surface area contributed by atoms with Crippen LogP contribution in [-0.4, -0.2) is 23.5 Å². The van der Waals surface area contributed by atoms with Crippen molar-refractivity contribution in [1.82, 2.24) is 5.32 Å². The third kappa shape index (κ3) is 5.89. The summed E-state index contributed by atoms with van der Waals surface area (Å²) in [5.41, 5.74) is 6.64. The van der Waals surface area contributed by atoms with Crippen LogP contribution in [0, 0.1) is 17.0 Å². The van der Waals surface area contributed by atoms with E-state index < -0.39 is 4.92 Å². The number of nitrogens with two attached hydrogens (primary N) is 1. The summed E-state index contributed by atoms with van der Waals surface area (Å²) >= 11 is 3.03. The third-order valence-corrected chi connectivity index (χ3v) is 4.16. The molecule has 0 amide bonds. The van der Waals surface area contributed by atoms with Gasteiger partial charge >= 0.3 is 0 Å². The molecule has 0 bridgehead atoms. The summed E-state index contributed by atoms with van der Waals surface area (Å²) in [4.78, 5) is 9.90. The Morgan fingerprint density at radius 3 is 2.95 bits per heavy atom. The van der Waals surface area contributed by atoms with E-state index in [1.807, 2.05) is 13.0 Å². The zero-order valence-corrected chi connectivity index (χ0v) is 13.2. The summed E-state index contributed by atoms with van der Waals surface area (Å²) < 4.78 is 5.59. The van der Waals surface area contributed by atoms with Crippen molar-refractivity contribution < 1.29 is 9.34 Å². The number of hydrogen-bond acceptors (Lipinski definition) is 7. The second-order valence-corrected chi connectivity index (χ2v) is 5.94. The van der Waals surface area contributed by atoms with Crippen LogP contribution < -0.4 is 11.1 Å². The maximum Gasteiger partial charge on any atom is 0.263 e.